The second kappa shape index (κ2) is 6.22. The maximum absolute atomic E-state index is 13.6. The van der Waals surface area contributed by atoms with Crippen molar-refractivity contribution in [3.63, 3.8) is 0 Å². The SMILES string of the molecule is Cc1cc(C)c(C)c(OCC(O)c2cccc(F)c2F)c1. The molecule has 0 radical (unpaired) electrons. The zero-order chi connectivity index (χ0) is 15.6. The maximum atomic E-state index is 13.6. The fraction of sp³-hybridized carbons (Fsp3) is 0.294. The lowest BCUT2D eigenvalue weighted by Crippen LogP contribution is -2.12. The third kappa shape index (κ3) is 3.39. The van der Waals surface area contributed by atoms with Crippen molar-refractivity contribution in [2.24, 2.45) is 0 Å². The minimum atomic E-state index is -1.22. The summed E-state index contributed by atoms with van der Waals surface area (Å²) in [5.74, 6) is -1.37. The Bertz CT molecular complexity index is 653. The van der Waals surface area contributed by atoms with Gasteiger partial charge in [-0.2, -0.15) is 0 Å². The van der Waals surface area contributed by atoms with Gasteiger partial charge in [-0.05, 0) is 49.6 Å². The first kappa shape index (κ1) is 15.4. The Hall–Kier alpha value is -1.94. The molecule has 0 saturated heterocycles. The Labute approximate surface area is 123 Å². The van der Waals surface area contributed by atoms with Crippen LogP contribution in [0.25, 0.3) is 0 Å². The summed E-state index contributed by atoms with van der Waals surface area (Å²) in [5, 5.41) is 9.98. The summed E-state index contributed by atoms with van der Waals surface area (Å²) in [6.45, 7) is 5.70. The second-order valence-electron chi connectivity index (χ2n) is 5.17. The molecule has 0 heterocycles. The van der Waals surface area contributed by atoms with E-state index in [4.69, 9.17) is 4.74 Å². The third-order valence-corrected chi connectivity index (χ3v) is 3.50. The van der Waals surface area contributed by atoms with Crippen LogP contribution < -0.4 is 4.74 Å². The molecule has 2 aromatic rings. The van der Waals surface area contributed by atoms with Crippen molar-refractivity contribution in [3.8, 4) is 5.75 Å². The molecule has 0 bridgehead atoms. The summed E-state index contributed by atoms with van der Waals surface area (Å²) in [7, 11) is 0. The zero-order valence-corrected chi connectivity index (χ0v) is 12.3. The van der Waals surface area contributed by atoms with E-state index in [1.54, 1.807) is 0 Å². The Morgan fingerprint density at radius 2 is 1.86 bits per heavy atom. The molecule has 2 nitrogen and oxygen atoms in total. The Kier molecular flexibility index (Phi) is 4.58. The van der Waals surface area contributed by atoms with Gasteiger partial charge in [-0.15, -0.1) is 0 Å². The summed E-state index contributed by atoms with van der Waals surface area (Å²) in [5.41, 5.74) is 2.99. The zero-order valence-electron chi connectivity index (χ0n) is 12.3. The molecule has 0 aliphatic carbocycles. The van der Waals surface area contributed by atoms with E-state index in [2.05, 4.69) is 0 Å². The van der Waals surface area contributed by atoms with E-state index < -0.39 is 17.7 Å². The van der Waals surface area contributed by atoms with E-state index in [0.29, 0.717) is 5.75 Å². The van der Waals surface area contributed by atoms with Crippen LogP contribution in [0.3, 0.4) is 0 Å². The molecule has 21 heavy (non-hydrogen) atoms. The number of halogens is 2. The first-order valence-electron chi connectivity index (χ1n) is 6.72. The van der Waals surface area contributed by atoms with E-state index in [0.717, 1.165) is 22.8 Å². The second-order valence-corrected chi connectivity index (χ2v) is 5.17. The van der Waals surface area contributed by atoms with Crippen LogP contribution in [0.1, 0.15) is 28.4 Å². The van der Waals surface area contributed by atoms with Crippen molar-refractivity contribution in [1.82, 2.24) is 0 Å². The van der Waals surface area contributed by atoms with E-state index in [9.17, 15) is 13.9 Å². The lowest BCUT2D eigenvalue weighted by atomic mass is 10.1. The van der Waals surface area contributed by atoms with Crippen molar-refractivity contribution < 1.29 is 18.6 Å². The van der Waals surface area contributed by atoms with Gasteiger partial charge in [-0.25, -0.2) is 8.78 Å². The highest BCUT2D eigenvalue weighted by Crippen LogP contribution is 2.25. The lowest BCUT2D eigenvalue weighted by Gasteiger charge is -2.16. The van der Waals surface area contributed by atoms with Gasteiger partial charge >= 0.3 is 0 Å². The number of aryl methyl sites for hydroxylation is 2. The van der Waals surface area contributed by atoms with E-state index in [-0.39, 0.29) is 12.2 Å². The number of hydrogen-bond acceptors (Lipinski definition) is 2. The molecule has 0 aromatic heterocycles. The Morgan fingerprint density at radius 1 is 1.14 bits per heavy atom. The molecular formula is C17H18F2O2. The fourth-order valence-corrected chi connectivity index (χ4v) is 2.19. The van der Waals surface area contributed by atoms with E-state index >= 15 is 0 Å². The molecule has 112 valence electrons. The van der Waals surface area contributed by atoms with Gasteiger partial charge in [0.25, 0.3) is 0 Å². The maximum Gasteiger partial charge on any atom is 0.164 e. The van der Waals surface area contributed by atoms with E-state index in [1.807, 2.05) is 32.9 Å². The van der Waals surface area contributed by atoms with Crippen LogP contribution in [0.2, 0.25) is 0 Å². The highest BCUT2D eigenvalue weighted by molar-refractivity contribution is 5.42. The van der Waals surface area contributed by atoms with Crippen LogP contribution in [0.5, 0.6) is 5.75 Å². The van der Waals surface area contributed by atoms with Crippen molar-refractivity contribution in [2.75, 3.05) is 6.61 Å². The molecule has 1 unspecified atom stereocenters. The van der Waals surface area contributed by atoms with Gasteiger partial charge in [0, 0.05) is 5.56 Å². The first-order valence-corrected chi connectivity index (χ1v) is 6.72. The topological polar surface area (TPSA) is 29.5 Å². The number of hydrogen-bond donors (Lipinski definition) is 1. The van der Waals surface area contributed by atoms with Crippen LogP contribution >= 0.6 is 0 Å². The van der Waals surface area contributed by atoms with Crippen LogP contribution in [0.4, 0.5) is 8.78 Å². The minimum absolute atomic E-state index is 0.1000. The number of aliphatic hydroxyl groups is 1. The normalized spacial score (nSPS) is 12.3. The Balaban J connectivity index is 2.15. The van der Waals surface area contributed by atoms with Crippen molar-refractivity contribution in [1.29, 1.82) is 0 Å². The highest BCUT2D eigenvalue weighted by Gasteiger charge is 2.17. The molecular weight excluding hydrogens is 274 g/mol. The minimum Gasteiger partial charge on any atom is -0.490 e. The van der Waals surface area contributed by atoms with Crippen LogP contribution in [0, 0.1) is 32.4 Å². The van der Waals surface area contributed by atoms with Crippen LogP contribution in [0.15, 0.2) is 30.3 Å². The number of benzene rings is 2. The van der Waals surface area contributed by atoms with Gasteiger partial charge < -0.3 is 9.84 Å². The van der Waals surface area contributed by atoms with Gasteiger partial charge in [0.15, 0.2) is 11.6 Å². The van der Waals surface area contributed by atoms with Gasteiger partial charge in [0.2, 0.25) is 0 Å². The van der Waals surface area contributed by atoms with Gasteiger partial charge in [0.1, 0.15) is 18.5 Å². The molecule has 4 heteroatoms. The number of ether oxygens (including phenoxy) is 1. The monoisotopic (exact) mass is 292 g/mol. The molecule has 0 aliphatic heterocycles. The molecule has 0 spiro atoms. The summed E-state index contributed by atoms with van der Waals surface area (Å²) in [6, 6.07) is 7.61. The molecule has 2 aromatic carbocycles. The quantitative estimate of drug-likeness (QED) is 0.923. The molecule has 1 N–H and O–H groups in total. The summed E-state index contributed by atoms with van der Waals surface area (Å²) in [4.78, 5) is 0. The van der Waals surface area contributed by atoms with Crippen LogP contribution in [-0.2, 0) is 0 Å². The summed E-state index contributed by atoms with van der Waals surface area (Å²) >= 11 is 0. The molecule has 2 rings (SSSR count). The lowest BCUT2D eigenvalue weighted by molar-refractivity contribution is 0.104. The fourth-order valence-electron chi connectivity index (χ4n) is 2.19. The largest absolute Gasteiger partial charge is 0.490 e. The third-order valence-electron chi connectivity index (χ3n) is 3.50. The number of rotatable bonds is 4. The highest BCUT2D eigenvalue weighted by atomic mass is 19.2. The van der Waals surface area contributed by atoms with Crippen molar-refractivity contribution in [3.05, 3.63) is 64.2 Å². The average Bonchev–Trinajstić information content (AvgIpc) is 2.43. The van der Waals surface area contributed by atoms with E-state index in [1.165, 1.54) is 12.1 Å². The van der Waals surface area contributed by atoms with Crippen molar-refractivity contribution in [2.45, 2.75) is 26.9 Å². The van der Waals surface area contributed by atoms with Crippen molar-refractivity contribution >= 4 is 0 Å². The number of aliphatic hydroxyl groups excluding tert-OH is 1. The average molecular weight is 292 g/mol. The molecule has 0 saturated carbocycles. The molecule has 0 fully saturated rings. The Morgan fingerprint density at radius 3 is 2.57 bits per heavy atom. The first-order chi connectivity index (χ1) is 9.90. The smallest absolute Gasteiger partial charge is 0.164 e. The molecule has 0 aliphatic rings. The summed E-state index contributed by atoms with van der Waals surface area (Å²) in [6.07, 6.45) is -1.22. The predicted molar refractivity (Wildman–Crippen MR) is 77.5 cm³/mol. The van der Waals surface area contributed by atoms with Gasteiger partial charge in [-0.3, -0.25) is 0 Å². The standard InChI is InChI=1S/C17H18F2O2/c1-10-7-11(2)12(3)16(8-10)21-9-15(20)13-5-4-6-14(18)17(13)19/h4-8,15,20H,9H2,1-3H3. The van der Waals surface area contributed by atoms with Gasteiger partial charge in [-0.1, -0.05) is 18.2 Å². The molecule has 0 amide bonds. The molecule has 1 atom stereocenters. The predicted octanol–water partition coefficient (Wildman–Crippen LogP) is 4.00. The summed E-state index contributed by atoms with van der Waals surface area (Å²) < 4.78 is 32.3. The van der Waals surface area contributed by atoms with Crippen LogP contribution in [-0.4, -0.2) is 11.7 Å². The van der Waals surface area contributed by atoms with Gasteiger partial charge in [0.05, 0.1) is 0 Å².